The maximum atomic E-state index is 12.1. The van der Waals surface area contributed by atoms with Gasteiger partial charge in [-0.1, -0.05) is 13.3 Å². The summed E-state index contributed by atoms with van der Waals surface area (Å²) in [4.78, 5) is 12.1. The zero-order valence-corrected chi connectivity index (χ0v) is 10.1. The molecule has 0 N–H and O–H groups in total. The first-order valence-electron chi connectivity index (χ1n) is 6.24. The Bertz CT molecular complexity index is 362. The molecule has 16 heavy (non-hydrogen) atoms. The summed E-state index contributed by atoms with van der Waals surface area (Å²) < 4.78 is 1.70. The number of carbonyl (C=O) groups is 1. The molecule has 0 bridgehead atoms. The van der Waals surface area contributed by atoms with Crippen molar-refractivity contribution >= 4 is 5.78 Å². The highest BCUT2D eigenvalue weighted by molar-refractivity contribution is 5.96. The molecule has 0 saturated heterocycles. The van der Waals surface area contributed by atoms with E-state index < -0.39 is 0 Å². The van der Waals surface area contributed by atoms with Gasteiger partial charge in [0.2, 0.25) is 0 Å². The van der Waals surface area contributed by atoms with Gasteiger partial charge in [-0.2, -0.15) is 5.10 Å². The summed E-state index contributed by atoms with van der Waals surface area (Å²) in [5.74, 6) is 1.31. The lowest BCUT2D eigenvalue weighted by Crippen LogP contribution is -2.22. The van der Waals surface area contributed by atoms with Crippen LogP contribution in [0.1, 0.15) is 49.5 Å². The number of rotatable bonds is 3. The molecule has 0 unspecified atom stereocenters. The minimum atomic E-state index is 0.220. The molecule has 3 nitrogen and oxygen atoms in total. The topological polar surface area (TPSA) is 34.9 Å². The number of hydrogen-bond acceptors (Lipinski definition) is 2. The number of ketones is 1. The second kappa shape index (κ2) is 4.81. The molecule has 3 heteroatoms. The summed E-state index contributed by atoms with van der Waals surface area (Å²) in [6.45, 7) is 2.24. The number of Topliss-reactive ketones (excluding diaryl/α,β-unsaturated/α-hetero) is 1. The van der Waals surface area contributed by atoms with Gasteiger partial charge >= 0.3 is 0 Å². The molecule has 1 aromatic rings. The molecule has 1 aliphatic carbocycles. The summed E-state index contributed by atoms with van der Waals surface area (Å²) in [6, 6.07) is 1.83. The Balaban J connectivity index is 1.96. The van der Waals surface area contributed by atoms with Crippen molar-refractivity contribution in [3.8, 4) is 0 Å². The lowest BCUT2D eigenvalue weighted by molar-refractivity contribution is 0.0865. The molecule has 0 aromatic carbocycles. The average molecular weight is 220 g/mol. The predicted octanol–water partition coefficient (Wildman–Crippen LogP) is 2.82. The molecule has 1 saturated carbocycles. The number of hydrogen-bond donors (Lipinski definition) is 0. The summed E-state index contributed by atoms with van der Waals surface area (Å²) >= 11 is 0. The highest BCUT2D eigenvalue weighted by atomic mass is 16.1. The molecule has 1 fully saturated rings. The Morgan fingerprint density at radius 1 is 1.44 bits per heavy atom. The summed E-state index contributed by atoms with van der Waals surface area (Å²) in [6.07, 6.45) is 7.61. The third-order valence-electron chi connectivity index (χ3n) is 3.76. The second-order valence-electron chi connectivity index (χ2n) is 4.86. The maximum Gasteiger partial charge on any atom is 0.186 e. The largest absolute Gasteiger partial charge is 0.292 e. The van der Waals surface area contributed by atoms with Crippen molar-refractivity contribution in [3.05, 3.63) is 18.0 Å². The first-order chi connectivity index (χ1) is 7.70. The van der Waals surface area contributed by atoms with Crippen LogP contribution in [0.2, 0.25) is 0 Å². The Labute approximate surface area is 96.8 Å². The lowest BCUT2D eigenvalue weighted by Gasteiger charge is -2.26. The van der Waals surface area contributed by atoms with E-state index in [1.165, 1.54) is 19.3 Å². The fourth-order valence-electron chi connectivity index (χ4n) is 2.59. The van der Waals surface area contributed by atoms with Crippen LogP contribution in [0, 0.1) is 11.8 Å². The third-order valence-corrected chi connectivity index (χ3v) is 3.76. The van der Waals surface area contributed by atoms with Crippen LogP contribution in [0.15, 0.2) is 12.3 Å². The lowest BCUT2D eigenvalue weighted by atomic mass is 9.78. The molecule has 0 atom stereocenters. The SMILES string of the molecule is CCC1CCC(C(=O)c2ccn(C)n2)CC1. The number of aromatic nitrogens is 2. The van der Waals surface area contributed by atoms with E-state index in [1.54, 1.807) is 4.68 Å². The molecular formula is C13H20N2O. The van der Waals surface area contributed by atoms with Crippen molar-refractivity contribution in [1.29, 1.82) is 0 Å². The van der Waals surface area contributed by atoms with Crippen molar-refractivity contribution in [3.63, 3.8) is 0 Å². The van der Waals surface area contributed by atoms with E-state index in [-0.39, 0.29) is 11.7 Å². The van der Waals surface area contributed by atoms with Crippen LogP contribution in [-0.2, 0) is 7.05 Å². The minimum absolute atomic E-state index is 0.220. The highest BCUT2D eigenvalue weighted by Crippen LogP contribution is 2.32. The fraction of sp³-hybridized carbons (Fsp3) is 0.692. The van der Waals surface area contributed by atoms with E-state index in [2.05, 4.69) is 12.0 Å². The average Bonchev–Trinajstić information content (AvgIpc) is 2.75. The smallest absolute Gasteiger partial charge is 0.186 e. The van der Waals surface area contributed by atoms with Crippen LogP contribution in [0.3, 0.4) is 0 Å². The van der Waals surface area contributed by atoms with Crippen LogP contribution < -0.4 is 0 Å². The normalized spacial score (nSPS) is 25.6. The fourth-order valence-corrected chi connectivity index (χ4v) is 2.59. The van der Waals surface area contributed by atoms with Gasteiger partial charge in [0.25, 0.3) is 0 Å². The van der Waals surface area contributed by atoms with E-state index in [9.17, 15) is 4.79 Å². The van der Waals surface area contributed by atoms with Gasteiger partial charge in [-0.15, -0.1) is 0 Å². The molecule has 0 aliphatic heterocycles. The van der Waals surface area contributed by atoms with Gasteiger partial charge in [-0.25, -0.2) is 0 Å². The molecule has 0 amide bonds. The quantitative estimate of drug-likeness (QED) is 0.734. The number of nitrogens with zero attached hydrogens (tertiary/aromatic N) is 2. The monoisotopic (exact) mass is 220 g/mol. The van der Waals surface area contributed by atoms with Gasteiger partial charge in [0, 0.05) is 19.2 Å². The van der Waals surface area contributed by atoms with Gasteiger partial charge in [-0.3, -0.25) is 9.48 Å². The predicted molar refractivity (Wildman–Crippen MR) is 63.3 cm³/mol. The van der Waals surface area contributed by atoms with E-state index in [4.69, 9.17) is 0 Å². The van der Waals surface area contributed by atoms with Crippen LogP contribution in [-0.4, -0.2) is 15.6 Å². The Kier molecular flexibility index (Phi) is 3.42. The number of aryl methyl sites for hydroxylation is 1. The van der Waals surface area contributed by atoms with E-state index in [0.29, 0.717) is 5.69 Å². The Hall–Kier alpha value is -1.12. The van der Waals surface area contributed by atoms with Crippen molar-refractivity contribution < 1.29 is 4.79 Å². The van der Waals surface area contributed by atoms with Crippen LogP contribution in [0.25, 0.3) is 0 Å². The highest BCUT2D eigenvalue weighted by Gasteiger charge is 2.27. The van der Waals surface area contributed by atoms with Crippen molar-refractivity contribution in [2.75, 3.05) is 0 Å². The van der Waals surface area contributed by atoms with Gasteiger partial charge in [-0.05, 0) is 37.7 Å². The van der Waals surface area contributed by atoms with Gasteiger partial charge in [0.1, 0.15) is 5.69 Å². The molecular weight excluding hydrogens is 200 g/mol. The van der Waals surface area contributed by atoms with Gasteiger partial charge < -0.3 is 0 Å². The third kappa shape index (κ3) is 2.34. The summed E-state index contributed by atoms with van der Waals surface area (Å²) in [5.41, 5.74) is 0.641. The zero-order chi connectivity index (χ0) is 11.5. The molecule has 88 valence electrons. The van der Waals surface area contributed by atoms with E-state index in [1.807, 2.05) is 19.3 Å². The molecule has 0 spiro atoms. The first kappa shape index (κ1) is 11.4. The summed E-state index contributed by atoms with van der Waals surface area (Å²) in [5, 5.41) is 4.19. The van der Waals surface area contributed by atoms with Crippen LogP contribution >= 0.6 is 0 Å². The van der Waals surface area contributed by atoms with E-state index in [0.717, 1.165) is 18.8 Å². The molecule has 1 heterocycles. The zero-order valence-electron chi connectivity index (χ0n) is 10.1. The van der Waals surface area contributed by atoms with Crippen molar-refractivity contribution in [2.45, 2.75) is 39.0 Å². The first-order valence-corrected chi connectivity index (χ1v) is 6.24. The van der Waals surface area contributed by atoms with Gasteiger partial charge in [0.15, 0.2) is 5.78 Å². The van der Waals surface area contributed by atoms with Crippen molar-refractivity contribution in [1.82, 2.24) is 9.78 Å². The minimum Gasteiger partial charge on any atom is -0.292 e. The molecule has 1 aliphatic rings. The van der Waals surface area contributed by atoms with Crippen LogP contribution in [0.4, 0.5) is 0 Å². The van der Waals surface area contributed by atoms with E-state index >= 15 is 0 Å². The Morgan fingerprint density at radius 2 is 2.12 bits per heavy atom. The molecule has 0 radical (unpaired) electrons. The Morgan fingerprint density at radius 3 is 2.62 bits per heavy atom. The standard InChI is InChI=1S/C13H20N2O/c1-3-10-4-6-11(7-5-10)13(16)12-8-9-15(2)14-12/h8-11H,3-7H2,1-2H3. The van der Waals surface area contributed by atoms with Gasteiger partial charge in [0.05, 0.1) is 0 Å². The second-order valence-corrected chi connectivity index (χ2v) is 4.86. The number of carbonyl (C=O) groups excluding carboxylic acids is 1. The maximum absolute atomic E-state index is 12.1. The van der Waals surface area contributed by atoms with Crippen molar-refractivity contribution in [2.24, 2.45) is 18.9 Å². The molecule has 2 rings (SSSR count). The molecule has 1 aromatic heterocycles. The van der Waals surface area contributed by atoms with Crippen LogP contribution in [0.5, 0.6) is 0 Å². The summed E-state index contributed by atoms with van der Waals surface area (Å²) in [7, 11) is 1.85.